The van der Waals surface area contributed by atoms with Crippen LogP contribution in [0, 0.1) is 11.7 Å². The average Bonchev–Trinajstić information content (AvgIpc) is 2.67. The topological polar surface area (TPSA) is 70.7 Å². The number of nitrogens with zero attached hydrogens (tertiary/aromatic N) is 1. The summed E-state index contributed by atoms with van der Waals surface area (Å²) in [6.45, 7) is 5.33. The lowest BCUT2D eigenvalue weighted by Crippen LogP contribution is -2.39. The molecule has 1 saturated carbocycles. The van der Waals surface area contributed by atoms with Crippen molar-refractivity contribution in [2.24, 2.45) is 5.92 Å². The molecule has 1 aliphatic carbocycles. The van der Waals surface area contributed by atoms with Gasteiger partial charge in [0.15, 0.2) is 0 Å². The fourth-order valence-electron chi connectivity index (χ4n) is 3.76. The molecule has 0 bridgehead atoms. The average molecular weight is 400 g/mol. The predicted octanol–water partition coefficient (Wildman–Crippen LogP) is 2.57. The van der Waals surface area contributed by atoms with Crippen molar-refractivity contribution in [2.75, 3.05) is 48.8 Å². The molecule has 0 radical (unpaired) electrons. The van der Waals surface area contributed by atoms with Crippen LogP contribution in [0.4, 0.5) is 15.8 Å². The summed E-state index contributed by atoms with van der Waals surface area (Å²) < 4.78 is 45.5. The van der Waals surface area contributed by atoms with E-state index in [0.29, 0.717) is 19.1 Å². The maximum absolute atomic E-state index is 14.0. The van der Waals surface area contributed by atoms with E-state index in [2.05, 4.69) is 14.9 Å². The molecule has 1 heterocycles. The van der Waals surface area contributed by atoms with Crippen molar-refractivity contribution in [3.63, 3.8) is 0 Å². The molecule has 1 aromatic rings. The van der Waals surface area contributed by atoms with Crippen molar-refractivity contribution >= 4 is 21.4 Å². The van der Waals surface area contributed by atoms with Crippen LogP contribution in [-0.2, 0) is 14.8 Å². The molecule has 0 aromatic heterocycles. The molecule has 2 fully saturated rings. The summed E-state index contributed by atoms with van der Waals surface area (Å²) in [4.78, 5) is 2.14. The molecule has 0 spiro atoms. The number of hydrogen-bond acceptors (Lipinski definition) is 5. The first kappa shape index (κ1) is 20.4. The molecular formula is C19H30FN3O3S. The number of rotatable bonds is 7. The summed E-state index contributed by atoms with van der Waals surface area (Å²) in [5.41, 5.74) is 1.68. The van der Waals surface area contributed by atoms with Crippen molar-refractivity contribution in [1.29, 1.82) is 0 Å². The molecule has 2 aliphatic rings. The zero-order valence-corrected chi connectivity index (χ0v) is 16.7. The van der Waals surface area contributed by atoms with Gasteiger partial charge in [-0.15, -0.1) is 0 Å². The summed E-state index contributed by atoms with van der Waals surface area (Å²) in [5.74, 6) is 0.362. The van der Waals surface area contributed by atoms with E-state index in [1.165, 1.54) is 6.07 Å². The Kier molecular flexibility index (Phi) is 6.94. The molecule has 0 amide bonds. The van der Waals surface area contributed by atoms with Gasteiger partial charge in [-0.1, -0.05) is 0 Å². The maximum Gasteiger partial charge on any atom is 0.211 e. The number of benzene rings is 1. The second-order valence-corrected chi connectivity index (χ2v) is 9.46. The van der Waals surface area contributed by atoms with E-state index >= 15 is 0 Å². The van der Waals surface area contributed by atoms with Crippen LogP contribution in [0.25, 0.3) is 0 Å². The number of halogens is 1. The van der Waals surface area contributed by atoms with E-state index in [1.54, 1.807) is 13.0 Å². The van der Waals surface area contributed by atoms with Crippen molar-refractivity contribution < 1.29 is 17.5 Å². The molecule has 152 valence electrons. The largest absolute Gasteiger partial charge is 0.385 e. The number of hydrogen-bond donors (Lipinski definition) is 2. The lowest BCUT2D eigenvalue weighted by molar-refractivity contribution is 0.122. The van der Waals surface area contributed by atoms with Crippen LogP contribution in [-0.4, -0.2) is 53.1 Å². The van der Waals surface area contributed by atoms with Gasteiger partial charge < -0.3 is 15.0 Å². The summed E-state index contributed by atoms with van der Waals surface area (Å²) >= 11 is 0. The SMILES string of the molecule is CCS(=O)(=O)NC1CCC(CNc2cc(F)cc(N3CCOCC3)c2)CC1. The van der Waals surface area contributed by atoms with Gasteiger partial charge in [0.05, 0.1) is 19.0 Å². The molecule has 1 aromatic carbocycles. The van der Waals surface area contributed by atoms with Gasteiger partial charge in [-0.3, -0.25) is 0 Å². The fraction of sp³-hybridized carbons (Fsp3) is 0.684. The van der Waals surface area contributed by atoms with E-state index in [9.17, 15) is 12.8 Å². The quantitative estimate of drug-likeness (QED) is 0.737. The Morgan fingerprint density at radius 2 is 1.85 bits per heavy atom. The minimum atomic E-state index is -3.13. The van der Waals surface area contributed by atoms with E-state index in [-0.39, 0.29) is 17.6 Å². The molecule has 2 N–H and O–H groups in total. The highest BCUT2D eigenvalue weighted by Gasteiger charge is 2.24. The lowest BCUT2D eigenvalue weighted by Gasteiger charge is -2.30. The van der Waals surface area contributed by atoms with Crippen molar-refractivity contribution in [3.05, 3.63) is 24.0 Å². The van der Waals surface area contributed by atoms with Crippen molar-refractivity contribution in [2.45, 2.75) is 38.6 Å². The number of ether oxygens (including phenoxy) is 1. The Morgan fingerprint density at radius 1 is 1.15 bits per heavy atom. The molecule has 27 heavy (non-hydrogen) atoms. The van der Waals surface area contributed by atoms with Gasteiger partial charge in [0.1, 0.15) is 5.82 Å². The summed E-state index contributed by atoms with van der Waals surface area (Å²) in [6, 6.07) is 5.15. The van der Waals surface area contributed by atoms with Crippen LogP contribution in [0.3, 0.4) is 0 Å². The van der Waals surface area contributed by atoms with Crippen molar-refractivity contribution in [3.8, 4) is 0 Å². The second kappa shape index (κ2) is 9.21. The van der Waals surface area contributed by atoms with Crippen molar-refractivity contribution in [1.82, 2.24) is 4.72 Å². The number of anilines is 2. The molecule has 0 unspecified atom stereocenters. The van der Waals surface area contributed by atoms with Gasteiger partial charge in [-0.2, -0.15) is 0 Å². The van der Waals surface area contributed by atoms with E-state index in [4.69, 9.17) is 4.74 Å². The summed E-state index contributed by atoms with van der Waals surface area (Å²) in [6.07, 6.45) is 3.65. The van der Waals surface area contributed by atoms with Crippen LogP contribution >= 0.6 is 0 Å². The van der Waals surface area contributed by atoms with E-state index < -0.39 is 10.0 Å². The summed E-state index contributed by atoms with van der Waals surface area (Å²) in [5, 5.41) is 3.37. The zero-order valence-electron chi connectivity index (χ0n) is 15.9. The Labute approximate surface area is 161 Å². The molecular weight excluding hydrogens is 369 g/mol. The van der Waals surface area contributed by atoms with Crippen LogP contribution in [0.15, 0.2) is 18.2 Å². The fourth-order valence-corrected chi connectivity index (χ4v) is 4.67. The number of morpholine rings is 1. The van der Waals surface area contributed by atoms with Crippen LogP contribution in [0.2, 0.25) is 0 Å². The standard InChI is InChI=1S/C19H30FN3O3S/c1-2-27(24,25)22-17-5-3-15(4-6-17)14-21-18-11-16(20)12-19(13-18)23-7-9-26-10-8-23/h11-13,15,17,21-22H,2-10,14H2,1H3. The summed E-state index contributed by atoms with van der Waals surface area (Å²) in [7, 11) is -3.13. The maximum atomic E-state index is 14.0. The monoisotopic (exact) mass is 399 g/mol. The molecule has 3 rings (SSSR count). The first-order chi connectivity index (χ1) is 12.9. The third-order valence-electron chi connectivity index (χ3n) is 5.43. The minimum Gasteiger partial charge on any atom is -0.385 e. The predicted molar refractivity (Wildman–Crippen MR) is 106 cm³/mol. The van der Waals surface area contributed by atoms with Gasteiger partial charge in [0.2, 0.25) is 10.0 Å². The van der Waals surface area contributed by atoms with Crippen LogP contribution in [0.5, 0.6) is 0 Å². The molecule has 1 aliphatic heterocycles. The Hall–Kier alpha value is -1.38. The Balaban J connectivity index is 1.50. The van der Waals surface area contributed by atoms with Crippen LogP contribution in [0.1, 0.15) is 32.6 Å². The van der Waals surface area contributed by atoms with E-state index in [1.807, 2.05) is 6.07 Å². The molecule has 0 atom stereocenters. The van der Waals surface area contributed by atoms with Gasteiger partial charge in [-0.25, -0.2) is 17.5 Å². The Morgan fingerprint density at radius 3 is 2.52 bits per heavy atom. The number of nitrogens with one attached hydrogen (secondary N) is 2. The highest BCUT2D eigenvalue weighted by molar-refractivity contribution is 7.89. The third kappa shape index (κ3) is 6.05. The third-order valence-corrected chi connectivity index (χ3v) is 6.88. The highest BCUT2D eigenvalue weighted by atomic mass is 32.2. The van der Waals surface area contributed by atoms with Gasteiger partial charge in [-0.05, 0) is 56.7 Å². The van der Waals surface area contributed by atoms with Gasteiger partial charge >= 0.3 is 0 Å². The normalized spacial score (nSPS) is 24.0. The smallest absolute Gasteiger partial charge is 0.211 e. The number of sulfonamides is 1. The second-order valence-electron chi connectivity index (χ2n) is 7.42. The molecule has 1 saturated heterocycles. The van der Waals surface area contributed by atoms with Gasteiger partial charge in [0.25, 0.3) is 0 Å². The lowest BCUT2D eigenvalue weighted by atomic mass is 9.86. The van der Waals surface area contributed by atoms with Gasteiger partial charge in [0, 0.05) is 37.1 Å². The molecule has 8 heteroatoms. The first-order valence-corrected chi connectivity index (χ1v) is 11.5. The molecule has 6 nitrogen and oxygen atoms in total. The minimum absolute atomic E-state index is 0.0493. The zero-order chi connectivity index (χ0) is 19.3. The Bertz CT molecular complexity index is 715. The highest BCUT2D eigenvalue weighted by Crippen LogP contribution is 2.27. The van der Waals surface area contributed by atoms with E-state index in [0.717, 1.165) is 56.7 Å². The first-order valence-electron chi connectivity index (χ1n) is 9.82. The van der Waals surface area contributed by atoms with Crippen LogP contribution < -0.4 is 14.9 Å².